The van der Waals surface area contributed by atoms with Crippen LogP contribution in [0.2, 0.25) is 5.02 Å². The largest absolute Gasteiger partial charge is 0.346 e. The van der Waals surface area contributed by atoms with Crippen LogP contribution in [-0.2, 0) is 0 Å². The second kappa shape index (κ2) is 4.27. The minimum atomic E-state index is -0.102. The van der Waals surface area contributed by atoms with E-state index in [9.17, 15) is 4.79 Å². The van der Waals surface area contributed by atoms with E-state index >= 15 is 0 Å². The van der Waals surface area contributed by atoms with Crippen LogP contribution in [0, 0.1) is 0 Å². The molecule has 0 aliphatic carbocycles. The first kappa shape index (κ1) is 11.0. The summed E-state index contributed by atoms with van der Waals surface area (Å²) in [5.41, 5.74) is 2.34. The molecule has 0 aliphatic rings. The third-order valence-electron chi connectivity index (χ3n) is 2.80. The molecule has 0 bridgehead atoms. The van der Waals surface area contributed by atoms with Crippen molar-refractivity contribution in [1.29, 1.82) is 0 Å². The predicted molar refractivity (Wildman–Crippen MR) is 69.7 cm³/mol. The number of nitrogens with zero attached hydrogens (tertiary/aromatic N) is 1. The van der Waals surface area contributed by atoms with Gasteiger partial charge in [-0.05, 0) is 30.3 Å². The quantitative estimate of drug-likeness (QED) is 0.660. The maximum absolute atomic E-state index is 12.4. The topological polar surface area (TPSA) is 36.1 Å². The zero-order valence-electron chi connectivity index (χ0n) is 9.43. The fourth-order valence-corrected chi connectivity index (χ4v) is 2.13. The van der Waals surface area contributed by atoms with Crippen molar-refractivity contribution in [2.75, 3.05) is 0 Å². The lowest BCUT2D eigenvalue weighted by Crippen LogP contribution is -2.11. The van der Waals surface area contributed by atoms with Gasteiger partial charge in [-0.1, -0.05) is 29.8 Å². The number of halogens is 1. The molecule has 88 valence electrons. The Labute approximate surface area is 109 Å². The summed E-state index contributed by atoms with van der Waals surface area (Å²) >= 11 is 5.90. The van der Waals surface area contributed by atoms with Gasteiger partial charge in [-0.3, -0.25) is 0 Å². The Morgan fingerprint density at radius 2 is 1.94 bits per heavy atom. The highest BCUT2D eigenvalue weighted by atomic mass is 35.5. The van der Waals surface area contributed by atoms with Gasteiger partial charge in [-0.2, -0.15) is 4.57 Å². The molecule has 0 unspecified atom stereocenters. The van der Waals surface area contributed by atoms with E-state index in [4.69, 9.17) is 11.6 Å². The van der Waals surface area contributed by atoms with Crippen LogP contribution in [0.4, 0.5) is 0 Å². The molecular formula is C14H10ClN2O+. The van der Waals surface area contributed by atoms with Crippen LogP contribution < -0.4 is 4.98 Å². The van der Waals surface area contributed by atoms with Gasteiger partial charge in [0.15, 0.2) is 11.0 Å². The number of para-hydroxylation sites is 2. The molecule has 0 saturated heterocycles. The molecule has 2 aromatic carbocycles. The molecule has 0 atom stereocenters. The molecule has 4 heteroatoms. The Balaban J connectivity index is 2.12. The lowest BCUT2D eigenvalue weighted by molar-refractivity contribution is -0.345. The van der Waals surface area contributed by atoms with Crippen LogP contribution in [-0.4, -0.2) is 10.5 Å². The SMILES string of the molecule is O=C(c1cccc(Cl)c1)n1c[nH+]c2ccccc21. The van der Waals surface area contributed by atoms with E-state index in [0.717, 1.165) is 11.0 Å². The maximum atomic E-state index is 12.4. The molecule has 0 amide bonds. The van der Waals surface area contributed by atoms with Crippen LogP contribution in [0.3, 0.4) is 0 Å². The summed E-state index contributed by atoms with van der Waals surface area (Å²) in [6, 6.07) is 14.6. The Bertz CT molecular complexity index is 733. The number of imidazole rings is 1. The lowest BCUT2D eigenvalue weighted by atomic mass is 10.2. The first-order chi connectivity index (χ1) is 8.75. The number of rotatable bonds is 1. The zero-order chi connectivity index (χ0) is 12.5. The summed E-state index contributed by atoms with van der Waals surface area (Å²) in [5, 5.41) is 0.557. The molecule has 1 aromatic heterocycles. The number of carbonyl (C=O) groups excluding carboxylic acids is 1. The molecule has 1 N–H and O–H groups in total. The van der Waals surface area contributed by atoms with E-state index in [1.54, 1.807) is 35.2 Å². The lowest BCUT2D eigenvalue weighted by Gasteiger charge is -1.97. The number of fused-ring (bicyclic) bond motifs is 1. The van der Waals surface area contributed by atoms with Crippen molar-refractivity contribution in [1.82, 2.24) is 4.57 Å². The van der Waals surface area contributed by atoms with Gasteiger partial charge in [-0.15, -0.1) is 0 Å². The number of aromatic nitrogens is 2. The van der Waals surface area contributed by atoms with Gasteiger partial charge in [0.2, 0.25) is 6.33 Å². The number of hydrogen-bond donors (Lipinski definition) is 0. The first-order valence-electron chi connectivity index (χ1n) is 5.54. The highest BCUT2D eigenvalue weighted by Crippen LogP contribution is 2.15. The molecule has 18 heavy (non-hydrogen) atoms. The number of carbonyl (C=O) groups is 1. The van der Waals surface area contributed by atoms with Gasteiger partial charge in [-0.25, -0.2) is 9.78 Å². The maximum Gasteiger partial charge on any atom is 0.346 e. The Morgan fingerprint density at radius 1 is 1.11 bits per heavy atom. The molecule has 0 saturated carbocycles. The van der Waals surface area contributed by atoms with Gasteiger partial charge >= 0.3 is 5.91 Å². The smallest absolute Gasteiger partial charge is 0.243 e. The van der Waals surface area contributed by atoms with Crippen LogP contribution in [0.25, 0.3) is 11.0 Å². The van der Waals surface area contributed by atoms with E-state index in [0.29, 0.717) is 10.6 Å². The molecule has 3 nitrogen and oxygen atoms in total. The van der Waals surface area contributed by atoms with Gasteiger partial charge in [0, 0.05) is 5.02 Å². The van der Waals surface area contributed by atoms with Gasteiger partial charge < -0.3 is 0 Å². The van der Waals surface area contributed by atoms with Gasteiger partial charge in [0.25, 0.3) is 0 Å². The summed E-state index contributed by atoms with van der Waals surface area (Å²) in [5.74, 6) is -0.102. The summed E-state index contributed by atoms with van der Waals surface area (Å²) in [4.78, 5) is 15.4. The third-order valence-corrected chi connectivity index (χ3v) is 3.04. The molecule has 0 radical (unpaired) electrons. The summed E-state index contributed by atoms with van der Waals surface area (Å²) in [7, 11) is 0. The average molecular weight is 258 g/mol. The Morgan fingerprint density at radius 3 is 2.78 bits per heavy atom. The minimum Gasteiger partial charge on any atom is -0.243 e. The number of H-pyrrole nitrogens is 1. The number of aromatic amines is 1. The van der Waals surface area contributed by atoms with Crippen molar-refractivity contribution in [2.45, 2.75) is 0 Å². The average Bonchev–Trinajstić information content (AvgIpc) is 2.82. The first-order valence-corrected chi connectivity index (χ1v) is 5.91. The highest BCUT2D eigenvalue weighted by molar-refractivity contribution is 6.31. The Hall–Kier alpha value is -2.13. The van der Waals surface area contributed by atoms with E-state index in [2.05, 4.69) is 4.98 Å². The molecule has 0 fully saturated rings. The number of hydrogen-bond acceptors (Lipinski definition) is 1. The van der Waals surface area contributed by atoms with Crippen LogP contribution >= 0.6 is 11.6 Å². The third kappa shape index (κ3) is 1.79. The number of benzene rings is 2. The van der Waals surface area contributed by atoms with E-state index < -0.39 is 0 Å². The van der Waals surface area contributed by atoms with Crippen molar-refractivity contribution in [2.24, 2.45) is 0 Å². The minimum absolute atomic E-state index is 0.102. The fourth-order valence-electron chi connectivity index (χ4n) is 1.94. The molecule has 3 rings (SSSR count). The highest BCUT2D eigenvalue weighted by Gasteiger charge is 2.18. The predicted octanol–water partition coefficient (Wildman–Crippen LogP) is 2.80. The van der Waals surface area contributed by atoms with Crippen LogP contribution in [0.1, 0.15) is 10.4 Å². The zero-order valence-corrected chi connectivity index (χ0v) is 10.2. The van der Waals surface area contributed by atoms with Crippen molar-refractivity contribution in [3.63, 3.8) is 0 Å². The second-order valence-electron chi connectivity index (χ2n) is 3.98. The van der Waals surface area contributed by atoms with E-state index in [-0.39, 0.29) is 5.91 Å². The standard InChI is InChI=1S/C14H9ClN2O/c15-11-5-3-4-10(8-11)14(18)17-9-16-12-6-1-2-7-13(12)17/h1-9H/p+1. The number of nitrogens with one attached hydrogen (secondary N) is 1. The molecule has 0 spiro atoms. The van der Waals surface area contributed by atoms with Crippen LogP contribution in [0.5, 0.6) is 0 Å². The normalized spacial score (nSPS) is 10.7. The summed E-state index contributed by atoms with van der Waals surface area (Å²) < 4.78 is 1.58. The van der Waals surface area contributed by atoms with E-state index in [1.807, 2.05) is 24.3 Å². The van der Waals surface area contributed by atoms with Crippen molar-refractivity contribution in [3.05, 3.63) is 65.4 Å². The fraction of sp³-hybridized carbons (Fsp3) is 0. The summed E-state index contributed by atoms with van der Waals surface area (Å²) in [6.45, 7) is 0. The van der Waals surface area contributed by atoms with Crippen molar-refractivity contribution < 1.29 is 9.78 Å². The van der Waals surface area contributed by atoms with Crippen molar-refractivity contribution >= 4 is 28.5 Å². The van der Waals surface area contributed by atoms with Gasteiger partial charge in [0.05, 0.1) is 5.56 Å². The molecule has 0 aliphatic heterocycles. The van der Waals surface area contributed by atoms with Crippen molar-refractivity contribution in [3.8, 4) is 0 Å². The van der Waals surface area contributed by atoms with E-state index in [1.165, 1.54) is 0 Å². The second-order valence-corrected chi connectivity index (χ2v) is 4.41. The summed E-state index contributed by atoms with van der Waals surface area (Å²) in [6.07, 6.45) is 1.66. The van der Waals surface area contributed by atoms with Crippen LogP contribution in [0.15, 0.2) is 54.9 Å². The Kier molecular flexibility index (Phi) is 2.61. The molecule has 3 aromatic rings. The molecule has 1 heterocycles. The molecular weight excluding hydrogens is 248 g/mol. The van der Waals surface area contributed by atoms with Gasteiger partial charge in [0.1, 0.15) is 0 Å². The monoisotopic (exact) mass is 257 g/mol.